The number of nitrogens with zero attached hydrogens (tertiary/aromatic N) is 2. The number of ether oxygens (including phenoxy) is 1. The Morgan fingerprint density at radius 1 is 1.40 bits per heavy atom. The number of hydrogen-bond acceptors (Lipinski definition) is 7. The quantitative estimate of drug-likeness (QED) is 0.730. The molecule has 7 nitrogen and oxygen atoms in total. The third-order valence-electron chi connectivity index (χ3n) is 3.21. The molecule has 0 fully saturated rings. The van der Waals surface area contributed by atoms with Crippen LogP contribution < -0.4 is 10.2 Å². The van der Waals surface area contributed by atoms with Crippen molar-refractivity contribution in [3.63, 3.8) is 0 Å². The van der Waals surface area contributed by atoms with E-state index in [0.29, 0.717) is 6.33 Å². The van der Waals surface area contributed by atoms with Crippen molar-refractivity contribution in [1.29, 1.82) is 0 Å². The second-order valence-corrected chi connectivity index (χ2v) is 7.58. The Bertz CT molecular complexity index is 785. The van der Waals surface area contributed by atoms with Crippen LogP contribution in [0.3, 0.4) is 0 Å². The topological polar surface area (TPSA) is 90.4 Å². The van der Waals surface area contributed by atoms with Gasteiger partial charge in [-0.05, 0) is 19.9 Å². The average Bonchev–Trinajstić information content (AvgIpc) is 2.92. The van der Waals surface area contributed by atoms with Crippen LogP contribution in [0.15, 0.2) is 17.4 Å². The fraction of sp³-hybridized carbons (Fsp3) is 0.538. The van der Waals surface area contributed by atoms with Crippen molar-refractivity contribution >= 4 is 21.4 Å². The summed E-state index contributed by atoms with van der Waals surface area (Å²) in [4.78, 5) is 11.8. The first kappa shape index (κ1) is 19.7. The van der Waals surface area contributed by atoms with Crippen LogP contribution in [0.25, 0.3) is 0 Å². The summed E-state index contributed by atoms with van der Waals surface area (Å²) in [6.07, 6.45) is -2.99. The Morgan fingerprint density at radius 2 is 2.08 bits per heavy atom. The minimum atomic E-state index is -4.86. The summed E-state index contributed by atoms with van der Waals surface area (Å²) in [5.41, 5.74) is -0.930. The minimum Gasteiger partial charge on any atom is -0.478 e. The minimum absolute atomic E-state index is 0.00966. The summed E-state index contributed by atoms with van der Waals surface area (Å²) < 4.78 is 69.6. The van der Waals surface area contributed by atoms with Crippen LogP contribution >= 0.6 is 11.6 Å². The van der Waals surface area contributed by atoms with Crippen LogP contribution in [0.1, 0.15) is 25.1 Å². The molecule has 1 aromatic rings. The Labute approximate surface area is 147 Å². The van der Waals surface area contributed by atoms with Gasteiger partial charge in [0, 0.05) is 0 Å². The summed E-state index contributed by atoms with van der Waals surface area (Å²) in [7, 11) is -4.21. The second-order valence-electron chi connectivity index (χ2n) is 5.35. The third kappa shape index (κ3) is 4.33. The number of hydroxylamine groups is 1. The molecule has 1 unspecified atom stereocenters. The van der Waals surface area contributed by atoms with E-state index in [1.165, 1.54) is 19.9 Å². The van der Waals surface area contributed by atoms with Crippen LogP contribution in [-0.4, -0.2) is 36.5 Å². The van der Waals surface area contributed by atoms with Crippen LogP contribution in [0, 0.1) is 0 Å². The van der Waals surface area contributed by atoms with E-state index < -0.39 is 44.5 Å². The van der Waals surface area contributed by atoms with Crippen molar-refractivity contribution in [3.8, 4) is 5.88 Å². The van der Waals surface area contributed by atoms with E-state index in [0.717, 1.165) is 0 Å². The molecule has 140 valence electrons. The molecule has 12 heteroatoms. The van der Waals surface area contributed by atoms with Gasteiger partial charge in [-0.1, -0.05) is 0 Å². The Hall–Kier alpha value is -1.59. The molecule has 1 aromatic heterocycles. The maximum absolute atomic E-state index is 13.2. The molecule has 0 amide bonds. The SMILES string of the molecule is CCOc1ncnc(C(F)(F)F)c1CS(=O)(=O)C1=CC(C)(CCl)ON1. The Balaban J connectivity index is 2.47. The number of rotatable bonds is 6. The normalized spacial score (nSPS) is 21.0. The second kappa shape index (κ2) is 6.96. The molecular formula is C13H15ClF3N3O4S. The Morgan fingerprint density at radius 3 is 2.60 bits per heavy atom. The standard InChI is InChI=1S/C13H15ClF3N3O4S/c1-3-23-11-8(10(13(15,16)17)18-7-19-11)5-25(21,22)9-4-12(2,6-14)24-20-9/h4,7,20H,3,5-6H2,1-2H3. The lowest BCUT2D eigenvalue weighted by molar-refractivity contribution is -0.141. The van der Waals surface area contributed by atoms with Gasteiger partial charge in [0.2, 0.25) is 5.88 Å². The van der Waals surface area contributed by atoms with Crippen LogP contribution in [0.2, 0.25) is 0 Å². The highest BCUT2D eigenvalue weighted by molar-refractivity contribution is 7.94. The fourth-order valence-corrected chi connectivity index (χ4v) is 3.55. The Kier molecular flexibility index (Phi) is 5.50. The first-order chi connectivity index (χ1) is 11.5. The maximum atomic E-state index is 13.2. The van der Waals surface area contributed by atoms with Crippen molar-refractivity contribution in [1.82, 2.24) is 15.4 Å². The predicted octanol–water partition coefficient (Wildman–Crippen LogP) is 2.18. The fourth-order valence-electron chi connectivity index (χ4n) is 2.02. The summed E-state index contributed by atoms with van der Waals surface area (Å²) in [6, 6.07) is 0. The van der Waals surface area contributed by atoms with Gasteiger partial charge in [-0.15, -0.1) is 11.6 Å². The van der Waals surface area contributed by atoms with E-state index in [-0.39, 0.29) is 17.5 Å². The van der Waals surface area contributed by atoms with Crippen molar-refractivity contribution in [2.75, 3.05) is 12.5 Å². The van der Waals surface area contributed by atoms with Crippen molar-refractivity contribution in [3.05, 3.63) is 28.7 Å². The molecule has 0 saturated carbocycles. The highest BCUT2D eigenvalue weighted by atomic mass is 35.5. The lowest BCUT2D eigenvalue weighted by Crippen LogP contribution is -2.28. The lowest BCUT2D eigenvalue weighted by Gasteiger charge is -2.15. The summed E-state index contributed by atoms with van der Waals surface area (Å²) in [5.74, 6) is -1.50. The van der Waals surface area contributed by atoms with Crippen molar-refractivity contribution < 1.29 is 31.2 Å². The molecule has 2 heterocycles. The molecular weight excluding hydrogens is 387 g/mol. The van der Waals surface area contributed by atoms with E-state index in [1.54, 1.807) is 0 Å². The number of halogens is 4. The van der Waals surface area contributed by atoms with E-state index in [2.05, 4.69) is 15.4 Å². The van der Waals surface area contributed by atoms with Gasteiger partial charge in [0.25, 0.3) is 0 Å². The molecule has 0 bridgehead atoms. The molecule has 0 aliphatic carbocycles. The largest absolute Gasteiger partial charge is 0.478 e. The molecule has 25 heavy (non-hydrogen) atoms. The van der Waals surface area contributed by atoms with Crippen molar-refractivity contribution in [2.24, 2.45) is 0 Å². The molecule has 1 atom stereocenters. The van der Waals surface area contributed by atoms with Crippen LogP contribution in [0.5, 0.6) is 5.88 Å². The van der Waals surface area contributed by atoms with Gasteiger partial charge >= 0.3 is 6.18 Å². The summed E-state index contributed by atoms with van der Waals surface area (Å²) in [6.45, 7) is 3.07. The number of alkyl halides is 4. The van der Waals surface area contributed by atoms with E-state index in [4.69, 9.17) is 21.2 Å². The van der Waals surface area contributed by atoms with Gasteiger partial charge in [-0.3, -0.25) is 10.3 Å². The van der Waals surface area contributed by atoms with Gasteiger partial charge < -0.3 is 4.74 Å². The molecule has 0 spiro atoms. The van der Waals surface area contributed by atoms with Crippen LogP contribution in [-0.2, 0) is 26.6 Å². The molecule has 1 aliphatic heterocycles. The lowest BCUT2D eigenvalue weighted by atomic mass is 10.1. The number of sulfone groups is 1. The molecule has 1 N–H and O–H groups in total. The smallest absolute Gasteiger partial charge is 0.433 e. The number of hydrogen-bond donors (Lipinski definition) is 1. The monoisotopic (exact) mass is 401 g/mol. The molecule has 0 saturated heterocycles. The molecule has 2 rings (SSSR count). The van der Waals surface area contributed by atoms with Crippen LogP contribution in [0.4, 0.5) is 13.2 Å². The number of nitrogens with one attached hydrogen (secondary N) is 1. The summed E-state index contributed by atoms with van der Waals surface area (Å²) in [5, 5.41) is -0.380. The van der Waals surface area contributed by atoms with E-state index >= 15 is 0 Å². The first-order valence-corrected chi connectivity index (χ1v) is 9.20. The van der Waals surface area contributed by atoms with Crippen molar-refractivity contribution in [2.45, 2.75) is 31.4 Å². The average molecular weight is 402 g/mol. The van der Waals surface area contributed by atoms with Gasteiger partial charge in [0.15, 0.2) is 20.6 Å². The predicted molar refractivity (Wildman–Crippen MR) is 82.3 cm³/mol. The molecule has 0 radical (unpaired) electrons. The van der Waals surface area contributed by atoms with E-state index in [1.807, 2.05) is 0 Å². The molecule has 0 aromatic carbocycles. The zero-order valence-corrected chi connectivity index (χ0v) is 14.8. The highest BCUT2D eigenvalue weighted by Gasteiger charge is 2.40. The summed E-state index contributed by atoms with van der Waals surface area (Å²) >= 11 is 5.68. The third-order valence-corrected chi connectivity index (χ3v) is 5.28. The van der Waals surface area contributed by atoms with Gasteiger partial charge in [0.05, 0.1) is 23.8 Å². The maximum Gasteiger partial charge on any atom is 0.433 e. The van der Waals surface area contributed by atoms with E-state index in [9.17, 15) is 21.6 Å². The number of aromatic nitrogens is 2. The van der Waals surface area contributed by atoms with Gasteiger partial charge in [-0.25, -0.2) is 18.4 Å². The van der Waals surface area contributed by atoms with Gasteiger partial charge in [-0.2, -0.15) is 13.2 Å². The zero-order chi connectivity index (χ0) is 18.9. The van der Waals surface area contributed by atoms with Gasteiger partial charge in [0.1, 0.15) is 11.9 Å². The highest BCUT2D eigenvalue weighted by Crippen LogP contribution is 2.35. The zero-order valence-electron chi connectivity index (χ0n) is 13.2. The molecule has 1 aliphatic rings. The first-order valence-electron chi connectivity index (χ1n) is 7.02.